The molecule has 0 radical (unpaired) electrons. The van der Waals surface area contributed by atoms with E-state index >= 15 is 0 Å². The molecule has 0 spiro atoms. The molecule has 0 heterocycles. The van der Waals surface area contributed by atoms with Crippen LogP contribution in [0.3, 0.4) is 0 Å². The number of quaternary nitrogens is 1. The summed E-state index contributed by atoms with van der Waals surface area (Å²) in [4.78, 5) is 25.0. The van der Waals surface area contributed by atoms with Crippen LogP contribution in [-0.2, 0) is 18.4 Å². The fourth-order valence-electron chi connectivity index (χ4n) is 4.72. The van der Waals surface area contributed by atoms with Crippen molar-refractivity contribution in [2.75, 3.05) is 40.9 Å². The number of hydrogen-bond donors (Lipinski definition) is 2. The summed E-state index contributed by atoms with van der Waals surface area (Å²) >= 11 is 0. The minimum Gasteiger partial charge on any atom is -0.756 e. The van der Waals surface area contributed by atoms with Crippen LogP contribution in [0.15, 0.2) is 24.3 Å². The lowest BCUT2D eigenvalue weighted by molar-refractivity contribution is -0.870. The van der Waals surface area contributed by atoms with Gasteiger partial charge in [0.05, 0.1) is 39.9 Å². The molecule has 44 heavy (non-hydrogen) atoms. The van der Waals surface area contributed by atoms with Gasteiger partial charge >= 0.3 is 0 Å². The van der Waals surface area contributed by atoms with Crippen molar-refractivity contribution in [1.29, 1.82) is 0 Å². The van der Waals surface area contributed by atoms with Crippen molar-refractivity contribution in [1.82, 2.24) is 5.32 Å². The normalized spacial score (nSPS) is 15.2. The first-order valence-electron chi connectivity index (χ1n) is 17.7. The summed E-state index contributed by atoms with van der Waals surface area (Å²) < 4.78 is 23.0. The number of carbonyl (C=O) groups is 1. The summed E-state index contributed by atoms with van der Waals surface area (Å²) in [6.07, 6.45) is 29.3. The molecule has 2 N–H and O–H groups in total. The Morgan fingerprint density at radius 2 is 1.27 bits per heavy atom. The molecule has 0 aliphatic rings. The van der Waals surface area contributed by atoms with Crippen LogP contribution in [0.1, 0.15) is 142 Å². The van der Waals surface area contributed by atoms with E-state index in [-0.39, 0.29) is 19.1 Å². The molecule has 0 aromatic heterocycles. The van der Waals surface area contributed by atoms with Crippen LogP contribution in [0, 0.1) is 0 Å². The molecule has 0 rings (SSSR count). The largest absolute Gasteiger partial charge is 0.756 e. The van der Waals surface area contributed by atoms with Gasteiger partial charge in [-0.25, -0.2) is 0 Å². The number of amides is 1. The summed E-state index contributed by atoms with van der Waals surface area (Å²) in [6.45, 7) is 4.55. The van der Waals surface area contributed by atoms with E-state index in [0.29, 0.717) is 17.4 Å². The molecule has 0 saturated carbocycles. The zero-order chi connectivity index (χ0) is 32.9. The van der Waals surface area contributed by atoms with Gasteiger partial charge in [-0.3, -0.25) is 9.36 Å². The zero-order valence-corrected chi connectivity index (χ0v) is 30.0. The van der Waals surface area contributed by atoms with Crippen molar-refractivity contribution in [2.45, 2.75) is 154 Å². The van der Waals surface area contributed by atoms with E-state index < -0.39 is 20.0 Å². The van der Waals surface area contributed by atoms with Crippen LogP contribution < -0.4 is 10.2 Å². The number of aliphatic hydroxyl groups is 1. The third kappa shape index (κ3) is 29.7. The highest BCUT2D eigenvalue weighted by molar-refractivity contribution is 7.45. The van der Waals surface area contributed by atoms with E-state index in [9.17, 15) is 19.4 Å². The minimum absolute atomic E-state index is 0.00283. The lowest BCUT2D eigenvalue weighted by Gasteiger charge is -2.29. The van der Waals surface area contributed by atoms with Gasteiger partial charge in [0.25, 0.3) is 7.82 Å². The van der Waals surface area contributed by atoms with Gasteiger partial charge in [-0.1, -0.05) is 122 Å². The quantitative estimate of drug-likeness (QED) is 0.0343. The van der Waals surface area contributed by atoms with Crippen molar-refractivity contribution in [3.63, 3.8) is 0 Å². The summed E-state index contributed by atoms with van der Waals surface area (Å²) in [5.41, 5.74) is 0. The van der Waals surface area contributed by atoms with Gasteiger partial charge < -0.3 is 28.8 Å². The monoisotopic (exact) mass is 644 g/mol. The Bertz CT molecular complexity index is 784. The van der Waals surface area contributed by atoms with Crippen LogP contribution >= 0.6 is 7.82 Å². The highest BCUT2D eigenvalue weighted by Crippen LogP contribution is 2.38. The first-order valence-corrected chi connectivity index (χ1v) is 19.2. The van der Waals surface area contributed by atoms with Gasteiger partial charge in [-0.05, 0) is 38.5 Å². The molecule has 3 unspecified atom stereocenters. The predicted molar refractivity (Wildman–Crippen MR) is 182 cm³/mol. The molecule has 260 valence electrons. The van der Waals surface area contributed by atoms with E-state index in [1.807, 2.05) is 27.2 Å². The van der Waals surface area contributed by atoms with Crippen LogP contribution in [0.4, 0.5) is 0 Å². The van der Waals surface area contributed by atoms with E-state index in [0.717, 1.165) is 57.8 Å². The van der Waals surface area contributed by atoms with E-state index in [1.54, 1.807) is 6.08 Å². The van der Waals surface area contributed by atoms with Crippen molar-refractivity contribution >= 4 is 13.7 Å². The first-order chi connectivity index (χ1) is 21.0. The number of nitrogens with zero attached hydrogens (tertiary/aromatic N) is 1. The number of carbonyl (C=O) groups excluding carboxylic acids is 1. The van der Waals surface area contributed by atoms with Crippen molar-refractivity contribution in [3.8, 4) is 0 Å². The number of rotatable bonds is 31. The second-order valence-electron chi connectivity index (χ2n) is 13.2. The maximum absolute atomic E-state index is 12.7. The average molecular weight is 645 g/mol. The number of nitrogens with one attached hydrogen (secondary N) is 1. The third-order valence-electron chi connectivity index (χ3n) is 7.66. The van der Waals surface area contributed by atoms with Crippen LogP contribution in [0.25, 0.3) is 0 Å². The number of phosphoric ester groups is 1. The van der Waals surface area contributed by atoms with E-state index in [2.05, 4.69) is 31.3 Å². The van der Waals surface area contributed by atoms with Gasteiger partial charge in [0, 0.05) is 6.42 Å². The van der Waals surface area contributed by atoms with E-state index in [4.69, 9.17) is 9.05 Å². The molecule has 0 aromatic rings. The fraction of sp³-hybridized carbons (Fsp3) is 0.857. The fourth-order valence-corrected chi connectivity index (χ4v) is 5.44. The molecule has 0 aliphatic heterocycles. The molecule has 0 saturated heterocycles. The van der Waals surface area contributed by atoms with Crippen LogP contribution in [0.2, 0.25) is 0 Å². The topological polar surface area (TPSA) is 108 Å². The van der Waals surface area contributed by atoms with E-state index in [1.165, 1.54) is 64.2 Å². The number of hydrogen-bond acceptors (Lipinski definition) is 6. The highest BCUT2D eigenvalue weighted by atomic mass is 31.2. The average Bonchev–Trinajstić information content (AvgIpc) is 2.95. The molecule has 9 heteroatoms. The SMILES string of the molecule is CCCC/C=C\CCCCCCC(=O)NC(COP(=O)([O-])OCC[N+](C)(C)C)C(O)/C=C/CCCCCCCCCCCC. The third-order valence-corrected chi connectivity index (χ3v) is 8.62. The number of phosphoric acid groups is 1. The Morgan fingerprint density at radius 1 is 0.773 bits per heavy atom. The molecule has 0 aliphatic carbocycles. The van der Waals surface area contributed by atoms with Crippen molar-refractivity contribution < 1.29 is 32.9 Å². The molecule has 0 fully saturated rings. The Morgan fingerprint density at radius 3 is 1.84 bits per heavy atom. The number of aliphatic hydroxyl groups excluding tert-OH is 1. The van der Waals surface area contributed by atoms with Crippen molar-refractivity contribution in [3.05, 3.63) is 24.3 Å². The van der Waals surface area contributed by atoms with Crippen molar-refractivity contribution in [2.24, 2.45) is 0 Å². The standard InChI is InChI=1S/C35H69N2O6P/c1-6-8-10-12-14-16-18-19-20-22-24-26-28-34(38)33(32-43-44(40,41)42-31-30-37(3,4)5)36-35(39)29-27-25-23-21-17-15-13-11-9-7-2/h13,15,26,28,33-34,38H,6-12,14,16-25,27,29-32H2,1-5H3,(H-,36,39,40,41)/b15-13-,28-26+. The summed E-state index contributed by atoms with van der Waals surface area (Å²) in [5, 5.41) is 13.6. The Balaban J connectivity index is 4.63. The number of allylic oxidation sites excluding steroid dienone is 3. The lowest BCUT2D eigenvalue weighted by Crippen LogP contribution is -2.45. The van der Waals surface area contributed by atoms with Gasteiger partial charge in [0.2, 0.25) is 5.91 Å². The molecule has 1 amide bonds. The molecule has 0 bridgehead atoms. The Kier molecular flexibility index (Phi) is 27.6. The smallest absolute Gasteiger partial charge is 0.268 e. The lowest BCUT2D eigenvalue weighted by atomic mass is 10.1. The molecular weight excluding hydrogens is 575 g/mol. The summed E-state index contributed by atoms with van der Waals surface area (Å²) in [6, 6.07) is -0.885. The van der Waals surface area contributed by atoms with Crippen LogP contribution in [0.5, 0.6) is 0 Å². The van der Waals surface area contributed by atoms with Gasteiger partial charge in [0.1, 0.15) is 13.2 Å². The Labute approximate surface area is 271 Å². The Hall–Kier alpha value is -1.02. The predicted octanol–water partition coefficient (Wildman–Crippen LogP) is 7.99. The van der Waals surface area contributed by atoms with Crippen LogP contribution in [-0.4, -0.2) is 68.5 Å². The number of likely N-dealkylation sites (N-methyl/N-ethyl adjacent to an activating group) is 1. The van der Waals surface area contributed by atoms with Gasteiger partial charge in [-0.15, -0.1) is 0 Å². The van der Waals surface area contributed by atoms with Gasteiger partial charge in [0.15, 0.2) is 0 Å². The molecule has 8 nitrogen and oxygen atoms in total. The number of unbranched alkanes of at least 4 members (excludes halogenated alkanes) is 16. The first kappa shape index (κ1) is 43.0. The molecule has 0 aromatic carbocycles. The molecule has 3 atom stereocenters. The zero-order valence-electron chi connectivity index (χ0n) is 29.1. The maximum atomic E-state index is 12.7. The molecular formula is C35H69N2O6P. The minimum atomic E-state index is -4.57. The maximum Gasteiger partial charge on any atom is 0.268 e. The summed E-state index contributed by atoms with van der Waals surface area (Å²) in [5.74, 6) is -0.216. The van der Waals surface area contributed by atoms with Gasteiger partial charge in [-0.2, -0.15) is 0 Å². The second kappa shape index (κ2) is 28.2. The summed E-state index contributed by atoms with van der Waals surface area (Å²) in [7, 11) is 1.25. The highest BCUT2D eigenvalue weighted by Gasteiger charge is 2.23. The second-order valence-corrected chi connectivity index (χ2v) is 14.6.